The summed E-state index contributed by atoms with van der Waals surface area (Å²) in [6.07, 6.45) is 2.16. The summed E-state index contributed by atoms with van der Waals surface area (Å²) in [4.78, 5) is 28.4. The van der Waals surface area contributed by atoms with E-state index in [9.17, 15) is 9.59 Å². The van der Waals surface area contributed by atoms with Crippen LogP contribution in [0.25, 0.3) is 0 Å². The van der Waals surface area contributed by atoms with Gasteiger partial charge < -0.3 is 16.0 Å². The molecule has 2 unspecified atom stereocenters. The van der Waals surface area contributed by atoms with Gasteiger partial charge in [-0.3, -0.25) is 9.59 Å². The zero-order chi connectivity index (χ0) is 17.0. The number of carbonyl (C=O) groups excluding carboxylic acids is 2. The van der Waals surface area contributed by atoms with Crippen molar-refractivity contribution in [3.05, 3.63) is 11.1 Å². The third kappa shape index (κ3) is 5.58. The molecule has 0 aliphatic carbocycles. The van der Waals surface area contributed by atoms with Crippen molar-refractivity contribution in [2.75, 3.05) is 11.9 Å². The van der Waals surface area contributed by atoms with E-state index in [0.717, 1.165) is 19.4 Å². The van der Waals surface area contributed by atoms with Crippen LogP contribution in [0.2, 0.25) is 0 Å². The number of hydrogen-bond donors (Lipinski definition) is 3. The van der Waals surface area contributed by atoms with Crippen LogP contribution in [0.5, 0.6) is 0 Å². The Bertz CT molecular complexity index is 565. The van der Waals surface area contributed by atoms with E-state index in [1.54, 1.807) is 0 Å². The fourth-order valence-corrected chi connectivity index (χ4v) is 3.14. The second-order valence-corrected chi connectivity index (χ2v) is 8.03. The van der Waals surface area contributed by atoms with Crippen LogP contribution in [0.1, 0.15) is 46.2 Å². The molecule has 6 nitrogen and oxygen atoms in total. The van der Waals surface area contributed by atoms with Gasteiger partial charge in [-0.05, 0) is 26.3 Å². The number of amides is 2. The number of nitrogens with zero attached hydrogens (tertiary/aromatic N) is 1. The molecular weight excluding hydrogens is 312 g/mol. The molecule has 0 radical (unpaired) electrons. The van der Waals surface area contributed by atoms with Gasteiger partial charge in [-0.15, -0.1) is 11.3 Å². The first kappa shape index (κ1) is 17.9. The fourth-order valence-electron chi connectivity index (χ4n) is 2.44. The van der Waals surface area contributed by atoms with Crippen molar-refractivity contribution in [2.24, 2.45) is 5.41 Å². The van der Waals surface area contributed by atoms with E-state index in [0.29, 0.717) is 16.9 Å². The number of piperidine rings is 1. The lowest BCUT2D eigenvalue weighted by molar-refractivity contribution is -0.123. The Kier molecular flexibility index (Phi) is 5.75. The van der Waals surface area contributed by atoms with E-state index in [1.807, 2.05) is 26.2 Å². The van der Waals surface area contributed by atoms with Gasteiger partial charge in [-0.25, -0.2) is 4.98 Å². The smallest absolute Gasteiger partial charge is 0.231 e. The van der Waals surface area contributed by atoms with Gasteiger partial charge >= 0.3 is 0 Å². The minimum absolute atomic E-state index is 0.0110. The predicted molar refractivity (Wildman–Crippen MR) is 92.5 cm³/mol. The van der Waals surface area contributed by atoms with E-state index < -0.39 is 5.41 Å². The van der Waals surface area contributed by atoms with E-state index >= 15 is 0 Å². The fraction of sp³-hybridized carbons (Fsp3) is 0.688. The summed E-state index contributed by atoms with van der Waals surface area (Å²) in [6, 6.07) is 0.671. The van der Waals surface area contributed by atoms with E-state index in [-0.39, 0.29) is 24.3 Å². The second-order valence-electron chi connectivity index (χ2n) is 7.17. The molecule has 7 heteroatoms. The summed E-state index contributed by atoms with van der Waals surface area (Å²) in [5.74, 6) is -0.0883. The van der Waals surface area contributed by atoms with Crippen molar-refractivity contribution < 1.29 is 9.59 Å². The summed E-state index contributed by atoms with van der Waals surface area (Å²) in [7, 11) is 0. The molecule has 0 saturated carbocycles. The third-order valence-electron chi connectivity index (χ3n) is 3.78. The average Bonchev–Trinajstić information content (AvgIpc) is 2.84. The number of nitrogens with one attached hydrogen (secondary N) is 3. The zero-order valence-corrected chi connectivity index (χ0v) is 15.0. The lowest BCUT2D eigenvalue weighted by Crippen LogP contribution is -2.46. The van der Waals surface area contributed by atoms with E-state index in [4.69, 9.17) is 0 Å². The number of carbonyl (C=O) groups is 2. The highest BCUT2D eigenvalue weighted by Gasteiger charge is 2.23. The lowest BCUT2D eigenvalue weighted by atomic mass is 9.96. The summed E-state index contributed by atoms with van der Waals surface area (Å²) in [5, 5.41) is 11.6. The van der Waals surface area contributed by atoms with Gasteiger partial charge in [0, 0.05) is 22.9 Å². The molecule has 2 rings (SSSR count). The Balaban J connectivity index is 1.84. The monoisotopic (exact) mass is 338 g/mol. The molecule has 0 spiro atoms. The largest absolute Gasteiger partial charge is 0.353 e. The second kappa shape index (κ2) is 7.40. The topological polar surface area (TPSA) is 83.1 Å². The summed E-state index contributed by atoms with van der Waals surface area (Å²) in [5.41, 5.74) is 0.230. The maximum atomic E-state index is 12.1. The molecule has 0 bridgehead atoms. The van der Waals surface area contributed by atoms with Crippen molar-refractivity contribution >= 4 is 28.3 Å². The first-order valence-electron chi connectivity index (χ1n) is 8.02. The Hall–Kier alpha value is -1.47. The molecule has 2 heterocycles. The third-order valence-corrected chi connectivity index (χ3v) is 4.59. The van der Waals surface area contributed by atoms with Crippen LogP contribution in [-0.4, -0.2) is 35.4 Å². The predicted octanol–water partition coefficient (Wildman–Crippen LogP) is 1.93. The molecule has 1 aromatic heterocycles. The summed E-state index contributed by atoms with van der Waals surface area (Å²) in [6.45, 7) is 8.62. The molecule has 0 aromatic carbocycles. The Morgan fingerprint density at radius 3 is 2.83 bits per heavy atom. The number of rotatable bonds is 4. The Labute approximate surface area is 141 Å². The van der Waals surface area contributed by atoms with Crippen LogP contribution in [0, 0.1) is 5.41 Å². The summed E-state index contributed by atoms with van der Waals surface area (Å²) >= 11 is 1.35. The Morgan fingerprint density at radius 2 is 2.17 bits per heavy atom. The number of anilines is 1. The van der Waals surface area contributed by atoms with Crippen molar-refractivity contribution in [3.63, 3.8) is 0 Å². The molecule has 23 heavy (non-hydrogen) atoms. The number of aromatic nitrogens is 1. The van der Waals surface area contributed by atoms with E-state index in [2.05, 4.69) is 27.9 Å². The standard InChI is InChI=1S/C16H26N4O2S/c1-10-7-11(5-6-17-10)18-13(21)8-12-9-23-15(19-12)20-14(22)16(2,3)4/h9-11,17H,5-8H2,1-4H3,(H,18,21)(H,19,20,22). The summed E-state index contributed by atoms with van der Waals surface area (Å²) < 4.78 is 0. The Morgan fingerprint density at radius 1 is 1.43 bits per heavy atom. The number of hydrogen-bond acceptors (Lipinski definition) is 5. The molecule has 1 fully saturated rings. The van der Waals surface area contributed by atoms with Crippen LogP contribution < -0.4 is 16.0 Å². The van der Waals surface area contributed by atoms with Gasteiger partial charge in [-0.2, -0.15) is 0 Å². The first-order chi connectivity index (χ1) is 10.7. The highest BCUT2D eigenvalue weighted by atomic mass is 32.1. The minimum Gasteiger partial charge on any atom is -0.353 e. The van der Waals surface area contributed by atoms with Crippen LogP contribution in [-0.2, 0) is 16.0 Å². The maximum absolute atomic E-state index is 12.1. The van der Waals surface area contributed by atoms with Crippen LogP contribution in [0.15, 0.2) is 5.38 Å². The molecule has 2 atom stereocenters. The van der Waals surface area contributed by atoms with Crippen LogP contribution >= 0.6 is 11.3 Å². The first-order valence-corrected chi connectivity index (χ1v) is 8.90. The zero-order valence-electron chi connectivity index (χ0n) is 14.2. The van der Waals surface area contributed by atoms with Gasteiger partial charge in [0.25, 0.3) is 0 Å². The van der Waals surface area contributed by atoms with Crippen molar-refractivity contribution in [3.8, 4) is 0 Å². The maximum Gasteiger partial charge on any atom is 0.231 e. The quantitative estimate of drug-likeness (QED) is 0.783. The van der Waals surface area contributed by atoms with Crippen molar-refractivity contribution in [1.29, 1.82) is 0 Å². The number of thiazole rings is 1. The molecule has 1 saturated heterocycles. The molecule has 1 aliphatic heterocycles. The SMILES string of the molecule is CC1CC(NC(=O)Cc2csc(NC(=O)C(C)(C)C)n2)CCN1. The normalized spacial score (nSPS) is 21.7. The van der Waals surface area contributed by atoms with Gasteiger partial charge in [0.2, 0.25) is 11.8 Å². The van der Waals surface area contributed by atoms with Crippen molar-refractivity contribution in [2.45, 2.75) is 59.0 Å². The molecule has 1 aromatic rings. The molecule has 1 aliphatic rings. The highest BCUT2D eigenvalue weighted by molar-refractivity contribution is 7.13. The highest BCUT2D eigenvalue weighted by Crippen LogP contribution is 2.20. The van der Waals surface area contributed by atoms with E-state index in [1.165, 1.54) is 11.3 Å². The molecule has 128 valence electrons. The molecule has 3 N–H and O–H groups in total. The van der Waals surface area contributed by atoms with Gasteiger partial charge in [0.1, 0.15) is 0 Å². The van der Waals surface area contributed by atoms with Crippen LogP contribution in [0.4, 0.5) is 5.13 Å². The lowest BCUT2D eigenvalue weighted by Gasteiger charge is -2.28. The van der Waals surface area contributed by atoms with Gasteiger partial charge in [0.05, 0.1) is 12.1 Å². The van der Waals surface area contributed by atoms with Gasteiger partial charge in [0.15, 0.2) is 5.13 Å². The average molecular weight is 338 g/mol. The van der Waals surface area contributed by atoms with Crippen molar-refractivity contribution in [1.82, 2.24) is 15.6 Å². The molecular formula is C16H26N4O2S. The molecule has 2 amide bonds. The van der Waals surface area contributed by atoms with Gasteiger partial charge in [-0.1, -0.05) is 20.8 Å². The minimum atomic E-state index is -0.463. The van der Waals surface area contributed by atoms with Crippen LogP contribution in [0.3, 0.4) is 0 Å².